The molecule has 0 spiro atoms. The van der Waals surface area contributed by atoms with Gasteiger partial charge in [-0.15, -0.1) is 13.2 Å². The monoisotopic (exact) mass is 481 g/mol. The van der Waals surface area contributed by atoms with E-state index in [2.05, 4.69) is 4.74 Å². The number of carbonyl (C=O) groups excluding carboxylic acids is 1. The van der Waals surface area contributed by atoms with E-state index in [4.69, 9.17) is 15.6 Å². The van der Waals surface area contributed by atoms with E-state index in [1.165, 1.54) is 18.2 Å². The van der Waals surface area contributed by atoms with E-state index < -0.39 is 24.8 Å². The summed E-state index contributed by atoms with van der Waals surface area (Å²) >= 11 is 0. The molecule has 0 bridgehead atoms. The summed E-state index contributed by atoms with van der Waals surface area (Å²) in [6.07, 6.45) is -4.82. The molecule has 1 heterocycles. The van der Waals surface area contributed by atoms with Gasteiger partial charge in [0.15, 0.2) is 6.61 Å². The van der Waals surface area contributed by atoms with Crippen molar-refractivity contribution < 1.29 is 37.3 Å². The molecule has 4 aromatic rings. The van der Waals surface area contributed by atoms with E-state index in [0.29, 0.717) is 27.4 Å². The maximum Gasteiger partial charge on any atom is 0.573 e. The third-order valence-electron chi connectivity index (χ3n) is 4.97. The number of nitrogens with zero attached hydrogens (tertiary/aromatic N) is 1. The van der Waals surface area contributed by atoms with Gasteiger partial charge in [0.1, 0.15) is 11.5 Å². The van der Waals surface area contributed by atoms with E-state index >= 15 is 0 Å². The molecule has 3 N–H and O–H groups in total. The summed E-state index contributed by atoms with van der Waals surface area (Å²) in [5.74, 6) is -1.98. The van der Waals surface area contributed by atoms with E-state index in [9.17, 15) is 22.8 Å². The number of rotatable bonds is 7. The number of hydrogen-bond donors (Lipinski definition) is 2. The summed E-state index contributed by atoms with van der Waals surface area (Å²) in [7, 11) is 0. The molecule has 0 fully saturated rings. The Morgan fingerprint density at radius 1 is 0.971 bits per heavy atom. The quantitative estimate of drug-likeness (QED) is 0.390. The molecule has 0 saturated carbocycles. The zero-order valence-corrected chi connectivity index (χ0v) is 19.9. The Morgan fingerprint density at radius 3 is 2.26 bits per heavy atom. The summed E-state index contributed by atoms with van der Waals surface area (Å²) in [5.41, 5.74) is 7.46. The van der Waals surface area contributed by atoms with Crippen molar-refractivity contribution in [2.75, 3.05) is 6.61 Å². The van der Waals surface area contributed by atoms with Crippen LogP contribution >= 0.6 is 0 Å². The fourth-order valence-corrected chi connectivity index (χ4v) is 3.81. The van der Waals surface area contributed by atoms with Gasteiger partial charge < -0.3 is 24.9 Å². The summed E-state index contributed by atoms with van der Waals surface area (Å²) in [5, 5.41) is 9.95. The number of benzene rings is 3. The molecule has 3 aromatic carbocycles. The Hall–Kier alpha value is -3.21. The van der Waals surface area contributed by atoms with E-state index in [1.807, 2.05) is 0 Å². The number of aromatic nitrogens is 1. The van der Waals surface area contributed by atoms with E-state index in [0.717, 1.165) is 0 Å². The number of carboxylic acid groups (broad SMARTS) is 1. The van der Waals surface area contributed by atoms with Gasteiger partial charge in [0.25, 0.3) is 0 Å². The van der Waals surface area contributed by atoms with Crippen LogP contribution in [0.2, 0.25) is 0 Å². The van der Waals surface area contributed by atoms with Crippen molar-refractivity contribution in [3.05, 3.63) is 71.8 Å². The Bertz CT molecular complexity index is 1380. The van der Waals surface area contributed by atoms with Gasteiger partial charge >= 0.3 is 12.3 Å². The Morgan fingerprint density at radius 2 is 1.62 bits per heavy atom. The molecule has 0 saturated heterocycles. The number of amides is 1. The van der Waals surface area contributed by atoms with Crippen LogP contribution in [0.15, 0.2) is 60.7 Å². The molecule has 1 radical (unpaired) electrons. The molecule has 4 rings (SSSR count). The van der Waals surface area contributed by atoms with Crippen LogP contribution < -0.4 is 15.2 Å². The first-order chi connectivity index (χ1) is 15.6. The van der Waals surface area contributed by atoms with Gasteiger partial charge in [-0.05, 0) is 42.0 Å². The van der Waals surface area contributed by atoms with Crippen LogP contribution in [0.25, 0.3) is 21.8 Å². The summed E-state index contributed by atoms with van der Waals surface area (Å²) in [6.45, 7) is -0.457. The van der Waals surface area contributed by atoms with Gasteiger partial charge in [0.05, 0.1) is 16.4 Å². The standard InChI is InChI=1S/C23H17F3N2O5.Na/c24-23(25,26)33-14-5-1-4-13(10-14)11-28-16-7-2-6-15(22(27)31)20(16)21-17(28)8-3-9-18(21)32-12-19(29)30;/h1-10H,11-12H2,(H2,27,31)(H,29,30);. The second-order valence-corrected chi connectivity index (χ2v) is 7.18. The number of fused-ring (bicyclic) bond motifs is 3. The van der Waals surface area contributed by atoms with Gasteiger partial charge in [0, 0.05) is 47.1 Å². The first-order valence-electron chi connectivity index (χ1n) is 9.67. The summed E-state index contributed by atoms with van der Waals surface area (Å²) in [6, 6.07) is 15.4. The first-order valence-corrected chi connectivity index (χ1v) is 9.67. The Kier molecular flexibility index (Phi) is 7.44. The van der Waals surface area contributed by atoms with Crippen molar-refractivity contribution in [1.82, 2.24) is 4.57 Å². The largest absolute Gasteiger partial charge is 0.573 e. The van der Waals surface area contributed by atoms with Gasteiger partial charge in [-0.25, -0.2) is 4.79 Å². The van der Waals surface area contributed by atoms with Crippen molar-refractivity contribution in [2.45, 2.75) is 12.9 Å². The van der Waals surface area contributed by atoms with Crippen LogP contribution in [0.4, 0.5) is 13.2 Å². The average Bonchev–Trinajstić information content (AvgIpc) is 3.05. The van der Waals surface area contributed by atoms with Crippen molar-refractivity contribution in [3.63, 3.8) is 0 Å². The molecule has 0 aliphatic carbocycles. The minimum atomic E-state index is -4.82. The number of halogens is 3. The number of primary amides is 1. The second-order valence-electron chi connectivity index (χ2n) is 7.18. The number of carboxylic acids is 1. The van der Waals surface area contributed by atoms with Gasteiger partial charge in [0.2, 0.25) is 5.91 Å². The van der Waals surface area contributed by atoms with Crippen molar-refractivity contribution >= 4 is 63.2 Å². The average molecular weight is 481 g/mol. The Labute approximate surface area is 213 Å². The number of nitrogens with two attached hydrogens (primary N) is 1. The molecule has 1 amide bonds. The zero-order valence-electron chi connectivity index (χ0n) is 17.9. The predicted molar refractivity (Wildman–Crippen MR) is 119 cm³/mol. The number of aliphatic carboxylic acids is 1. The minimum Gasteiger partial charge on any atom is -0.481 e. The zero-order chi connectivity index (χ0) is 23.8. The predicted octanol–water partition coefficient (Wildman–Crippen LogP) is 3.92. The Balaban J connectivity index is 0.00000324. The number of hydrogen-bond acceptors (Lipinski definition) is 4. The molecule has 0 unspecified atom stereocenters. The molecule has 0 atom stereocenters. The second kappa shape index (κ2) is 9.96. The topological polar surface area (TPSA) is 104 Å². The summed E-state index contributed by atoms with van der Waals surface area (Å²) in [4.78, 5) is 23.2. The molecule has 7 nitrogen and oxygen atoms in total. The van der Waals surface area contributed by atoms with Crippen LogP contribution in [0.5, 0.6) is 11.5 Å². The third kappa shape index (κ3) is 5.30. The molecule has 34 heavy (non-hydrogen) atoms. The molecule has 1 aromatic heterocycles. The van der Waals surface area contributed by atoms with E-state index in [-0.39, 0.29) is 53.2 Å². The van der Waals surface area contributed by atoms with Gasteiger partial charge in [-0.2, -0.15) is 0 Å². The maximum atomic E-state index is 12.6. The minimum absolute atomic E-state index is 0. The van der Waals surface area contributed by atoms with Gasteiger partial charge in [-0.1, -0.05) is 24.3 Å². The SMILES string of the molecule is NC(=O)c1cccc2c1c1c(OCC(=O)O)cccc1n2Cc1cccc(OC(F)(F)F)c1.[Na]. The normalized spacial score (nSPS) is 11.3. The molecular weight excluding hydrogens is 464 g/mol. The molecule has 11 heteroatoms. The van der Waals surface area contributed by atoms with Crippen LogP contribution in [0.3, 0.4) is 0 Å². The number of alkyl halides is 3. The smallest absolute Gasteiger partial charge is 0.481 e. The van der Waals surface area contributed by atoms with Gasteiger partial charge in [-0.3, -0.25) is 4.79 Å². The van der Waals surface area contributed by atoms with E-state index in [1.54, 1.807) is 47.0 Å². The van der Waals surface area contributed by atoms with Crippen LogP contribution in [-0.4, -0.2) is 64.1 Å². The van der Waals surface area contributed by atoms with Crippen LogP contribution in [-0.2, 0) is 11.3 Å². The maximum absolute atomic E-state index is 12.6. The third-order valence-corrected chi connectivity index (χ3v) is 4.97. The number of ether oxygens (including phenoxy) is 2. The van der Waals surface area contributed by atoms with Crippen LogP contribution in [0, 0.1) is 0 Å². The van der Waals surface area contributed by atoms with Crippen LogP contribution in [0.1, 0.15) is 15.9 Å². The van der Waals surface area contributed by atoms with Crippen molar-refractivity contribution in [2.24, 2.45) is 5.73 Å². The summed E-state index contributed by atoms with van der Waals surface area (Å²) < 4.78 is 49.2. The molecule has 0 aliphatic heterocycles. The molecule has 0 aliphatic rings. The first kappa shape index (κ1) is 25.4. The number of carbonyl (C=O) groups is 2. The fourth-order valence-electron chi connectivity index (χ4n) is 3.81. The van der Waals surface area contributed by atoms with Crippen molar-refractivity contribution in [3.8, 4) is 11.5 Å². The molecular formula is C23H17F3N2NaO5. The van der Waals surface area contributed by atoms with Crippen molar-refractivity contribution in [1.29, 1.82) is 0 Å². The fraction of sp³-hybridized carbons (Fsp3) is 0.130. The molecule has 171 valence electrons.